The minimum atomic E-state index is -0.569. The van der Waals surface area contributed by atoms with Gasteiger partial charge in [-0.25, -0.2) is 9.18 Å². The maximum atomic E-state index is 13.8. The summed E-state index contributed by atoms with van der Waals surface area (Å²) in [6, 6.07) is 10.6. The molecule has 0 unspecified atom stereocenters. The lowest BCUT2D eigenvalue weighted by atomic mass is 9.84. The van der Waals surface area contributed by atoms with Crippen molar-refractivity contribution in [3.63, 3.8) is 0 Å². The van der Waals surface area contributed by atoms with E-state index in [0.29, 0.717) is 17.9 Å². The van der Waals surface area contributed by atoms with Crippen LogP contribution in [0.4, 0.5) is 20.6 Å². The molecule has 170 valence electrons. The van der Waals surface area contributed by atoms with Gasteiger partial charge in [-0.05, 0) is 36.8 Å². The molecule has 0 aliphatic carbocycles. The summed E-state index contributed by atoms with van der Waals surface area (Å²) in [5.41, 5.74) is 1.48. The number of ether oxygens (including phenoxy) is 2. The Morgan fingerprint density at radius 3 is 2.69 bits per heavy atom. The third kappa shape index (κ3) is 4.53. The Hall–Kier alpha value is -3.17. The fourth-order valence-electron chi connectivity index (χ4n) is 4.19. The summed E-state index contributed by atoms with van der Waals surface area (Å²) < 4.78 is 25.7. The third-order valence-corrected chi connectivity index (χ3v) is 5.78. The zero-order valence-electron chi connectivity index (χ0n) is 17.9. The normalized spacial score (nSPS) is 23.5. The molecule has 4 rings (SSSR count). The van der Waals surface area contributed by atoms with Gasteiger partial charge in [0.1, 0.15) is 23.8 Å². The van der Waals surface area contributed by atoms with Crippen molar-refractivity contribution in [2.24, 2.45) is 0 Å². The standard InChI is InChI=1S/C23H26FN3O5/c1-27(2)21(29)11-14-10-16-15-9-13(7-8-19(15)32-22(16)20(12-28)31-14)25-23(30)26-18-6-4-3-5-17(18)24/h3-9,14,16,20,22,28H,10-12H2,1-2H3,(H2,25,26,30)/t14-,16-,20+,22+/m1/s1. The number of carbonyl (C=O) groups is 2. The van der Waals surface area contributed by atoms with Gasteiger partial charge in [0.2, 0.25) is 5.91 Å². The van der Waals surface area contributed by atoms with Gasteiger partial charge in [-0.15, -0.1) is 0 Å². The highest BCUT2D eigenvalue weighted by atomic mass is 19.1. The van der Waals surface area contributed by atoms with E-state index in [1.165, 1.54) is 17.0 Å². The third-order valence-electron chi connectivity index (χ3n) is 5.78. The number of benzene rings is 2. The second kappa shape index (κ2) is 9.13. The molecule has 0 aromatic heterocycles. The number of aliphatic hydroxyl groups excluding tert-OH is 1. The summed E-state index contributed by atoms with van der Waals surface area (Å²) >= 11 is 0. The van der Waals surface area contributed by atoms with E-state index in [-0.39, 0.29) is 42.7 Å². The lowest BCUT2D eigenvalue weighted by Gasteiger charge is -2.37. The number of para-hydroxylation sites is 1. The number of fused-ring (bicyclic) bond motifs is 3. The van der Waals surface area contributed by atoms with E-state index in [1.54, 1.807) is 38.4 Å². The number of urea groups is 1. The zero-order chi connectivity index (χ0) is 22.8. The monoisotopic (exact) mass is 443 g/mol. The van der Waals surface area contributed by atoms with Crippen LogP contribution in [0.2, 0.25) is 0 Å². The largest absolute Gasteiger partial charge is 0.487 e. The highest BCUT2D eigenvalue weighted by Gasteiger charge is 2.46. The van der Waals surface area contributed by atoms with Gasteiger partial charge in [-0.1, -0.05) is 12.1 Å². The number of rotatable bonds is 5. The first-order chi connectivity index (χ1) is 15.4. The Kier molecular flexibility index (Phi) is 6.29. The second-order valence-corrected chi connectivity index (χ2v) is 8.21. The van der Waals surface area contributed by atoms with E-state index in [9.17, 15) is 19.1 Å². The molecule has 32 heavy (non-hydrogen) atoms. The maximum absolute atomic E-state index is 13.8. The molecule has 2 aromatic rings. The molecule has 0 radical (unpaired) electrons. The number of nitrogens with zero attached hydrogens (tertiary/aromatic N) is 1. The predicted octanol–water partition coefficient (Wildman–Crippen LogP) is 2.94. The summed E-state index contributed by atoms with van der Waals surface area (Å²) in [6.07, 6.45) is -0.507. The number of amides is 3. The summed E-state index contributed by atoms with van der Waals surface area (Å²) in [7, 11) is 3.38. The SMILES string of the molecule is CN(C)C(=O)C[C@H]1C[C@@H]2c3cc(NC(=O)Nc4ccccc4F)ccc3O[C@@H]2[C@H](CO)O1. The van der Waals surface area contributed by atoms with Crippen molar-refractivity contribution in [2.75, 3.05) is 31.3 Å². The number of hydrogen-bond donors (Lipinski definition) is 3. The predicted molar refractivity (Wildman–Crippen MR) is 116 cm³/mol. The minimum Gasteiger partial charge on any atom is -0.487 e. The Morgan fingerprint density at radius 2 is 1.97 bits per heavy atom. The average molecular weight is 443 g/mol. The minimum absolute atomic E-state index is 0.0514. The van der Waals surface area contributed by atoms with Crippen LogP contribution in [0, 0.1) is 5.82 Å². The van der Waals surface area contributed by atoms with E-state index >= 15 is 0 Å². The van der Waals surface area contributed by atoms with E-state index in [1.807, 2.05) is 6.07 Å². The number of nitrogens with one attached hydrogen (secondary N) is 2. The number of hydrogen-bond acceptors (Lipinski definition) is 5. The Balaban J connectivity index is 1.49. The first kappa shape index (κ1) is 22.0. The Labute approximate surface area is 185 Å². The summed E-state index contributed by atoms with van der Waals surface area (Å²) in [4.78, 5) is 26.0. The molecule has 1 fully saturated rings. The van der Waals surface area contributed by atoms with Gasteiger partial charge in [-0.3, -0.25) is 4.79 Å². The highest BCUT2D eigenvalue weighted by molar-refractivity contribution is 5.99. The van der Waals surface area contributed by atoms with Gasteiger partial charge in [0.15, 0.2) is 0 Å². The second-order valence-electron chi connectivity index (χ2n) is 8.21. The van der Waals surface area contributed by atoms with E-state index in [4.69, 9.17) is 9.47 Å². The van der Waals surface area contributed by atoms with Gasteiger partial charge >= 0.3 is 6.03 Å². The number of halogens is 1. The van der Waals surface area contributed by atoms with Crippen molar-refractivity contribution in [1.82, 2.24) is 4.90 Å². The van der Waals surface area contributed by atoms with E-state index in [2.05, 4.69) is 10.6 Å². The molecule has 9 heteroatoms. The number of carbonyl (C=O) groups excluding carboxylic acids is 2. The van der Waals surface area contributed by atoms with Crippen LogP contribution in [0.15, 0.2) is 42.5 Å². The molecule has 0 bridgehead atoms. The Morgan fingerprint density at radius 1 is 1.19 bits per heavy atom. The molecule has 2 aliphatic rings. The van der Waals surface area contributed by atoms with Crippen LogP contribution < -0.4 is 15.4 Å². The molecule has 2 aliphatic heterocycles. The van der Waals surface area contributed by atoms with Gasteiger partial charge < -0.3 is 30.1 Å². The van der Waals surface area contributed by atoms with Crippen molar-refractivity contribution in [1.29, 1.82) is 0 Å². The quantitative estimate of drug-likeness (QED) is 0.660. The van der Waals surface area contributed by atoms with Crippen molar-refractivity contribution in [3.8, 4) is 5.75 Å². The molecular formula is C23H26FN3O5. The van der Waals surface area contributed by atoms with Crippen LogP contribution in [0.1, 0.15) is 24.3 Å². The molecule has 2 heterocycles. The summed E-state index contributed by atoms with van der Waals surface area (Å²) in [5.74, 6) is -0.0122. The molecule has 3 amide bonds. The first-order valence-electron chi connectivity index (χ1n) is 10.4. The fourth-order valence-corrected chi connectivity index (χ4v) is 4.19. The van der Waals surface area contributed by atoms with Gasteiger partial charge in [-0.2, -0.15) is 0 Å². The average Bonchev–Trinajstić information content (AvgIpc) is 3.12. The van der Waals surface area contributed by atoms with Gasteiger partial charge in [0.25, 0.3) is 0 Å². The van der Waals surface area contributed by atoms with Crippen molar-refractivity contribution in [3.05, 3.63) is 53.8 Å². The molecule has 2 aromatic carbocycles. The molecule has 4 atom stereocenters. The zero-order valence-corrected chi connectivity index (χ0v) is 17.9. The van der Waals surface area contributed by atoms with E-state index in [0.717, 1.165) is 5.56 Å². The fraction of sp³-hybridized carbons (Fsp3) is 0.391. The van der Waals surface area contributed by atoms with Crippen LogP contribution in [0.5, 0.6) is 5.75 Å². The smallest absolute Gasteiger partial charge is 0.323 e. The Bertz CT molecular complexity index is 1010. The van der Waals surface area contributed by atoms with E-state index < -0.39 is 18.0 Å². The van der Waals surface area contributed by atoms with Crippen molar-refractivity contribution in [2.45, 2.75) is 37.1 Å². The maximum Gasteiger partial charge on any atom is 0.323 e. The summed E-state index contributed by atoms with van der Waals surface area (Å²) in [5, 5.41) is 15.0. The van der Waals surface area contributed by atoms with Crippen LogP contribution in [0.25, 0.3) is 0 Å². The summed E-state index contributed by atoms with van der Waals surface area (Å²) in [6.45, 7) is -0.224. The molecule has 3 N–H and O–H groups in total. The lowest BCUT2D eigenvalue weighted by Crippen LogP contribution is -2.47. The molecule has 0 spiro atoms. The topological polar surface area (TPSA) is 100 Å². The molecule has 8 nitrogen and oxygen atoms in total. The lowest BCUT2D eigenvalue weighted by molar-refractivity contribution is -0.147. The van der Waals surface area contributed by atoms with Crippen LogP contribution >= 0.6 is 0 Å². The number of aliphatic hydroxyl groups is 1. The molecule has 0 saturated carbocycles. The van der Waals surface area contributed by atoms with Crippen LogP contribution in [0.3, 0.4) is 0 Å². The van der Waals surface area contributed by atoms with Gasteiger partial charge in [0.05, 0.1) is 24.8 Å². The molecule has 1 saturated heterocycles. The molecular weight excluding hydrogens is 417 g/mol. The van der Waals surface area contributed by atoms with Crippen LogP contribution in [-0.2, 0) is 9.53 Å². The number of anilines is 2. The van der Waals surface area contributed by atoms with Gasteiger partial charge in [0, 0.05) is 31.3 Å². The highest BCUT2D eigenvalue weighted by Crippen LogP contribution is 2.47. The van der Waals surface area contributed by atoms with Crippen LogP contribution in [-0.4, -0.2) is 61.0 Å². The van der Waals surface area contributed by atoms with Crippen molar-refractivity contribution >= 4 is 23.3 Å². The van der Waals surface area contributed by atoms with Crippen molar-refractivity contribution < 1.29 is 28.6 Å². The first-order valence-corrected chi connectivity index (χ1v) is 10.4.